The molecule has 0 atom stereocenters. The molecule has 2 aromatic heterocycles. The first kappa shape index (κ1) is 12.9. The Morgan fingerprint density at radius 2 is 2.35 bits per heavy atom. The van der Waals surface area contributed by atoms with E-state index in [9.17, 15) is 0 Å². The number of thioether (sulfide) groups is 1. The Balaban J connectivity index is 2.16. The number of hydrogen-bond donors (Lipinski definition) is 1. The number of hydrogen-bond acceptors (Lipinski definition) is 4. The lowest BCUT2D eigenvalue weighted by molar-refractivity contribution is 0.694. The fraction of sp³-hybridized carbons (Fsp3) is 0.583. The van der Waals surface area contributed by atoms with Crippen molar-refractivity contribution in [2.45, 2.75) is 38.3 Å². The van der Waals surface area contributed by atoms with Gasteiger partial charge in [0.15, 0.2) is 4.96 Å². The van der Waals surface area contributed by atoms with Gasteiger partial charge in [0.1, 0.15) is 5.03 Å². The van der Waals surface area contributed by atoms with Crippen molar-refractivity contribution in [3.05, 3.63) is 17.3 Å². The highest BCUT2D eigenvalue weighted by atomic mass is 32.2. The summed E-state index contributed by atoms with van der Waals surface area (Å²) >= 11 is 3.59. The van der Waals surface area contributed by atoms with E-state index < -0.39 is 0 Å². The SMILES string of the molecule is CCCCSc1nc2sccn2c1CNCC. The molecular weight excluding hydrogens is 250 g/mol. The van der Waals surface area contributed by atoms with Gasteiger partial charge in [-0.15, -0.1) is 23.1 Å². The van der Waals surface area contributed by atoms with Gasteiger partial charge in [0.25, 0.3) is 0 Å². The highest BCUT2D eigenvalue weighted by molar-refractivity contribution is 7.99. The summed E-state index contributed by atoms with van der Waals surface area (Å²) in [6.07, 6.45) is 4.62. The molecule has 0 saturated carbocycles. The number of aromatic nitrogens is 2. The molecule has 0 bridgehead atoms. The minimum atomic E-state index is 0.906. The lowest BCUT2D eigenvalue weighted by Gasteiger charge is -2.04. The van der Waals surface area contributed by atoms with Gasteiger partial charge in [-0.2, -0.15) is 0 Å². The fourth-order valence-electron chi connectivity index (χ4n) is 1.65. The van der Waals surface area contributed by atoms with Crippen LogP contribution in [-0.4, -0.2) is 21.7 Å². The Bertz CT molecular complexity index is 461. The molecule has 0 aliphatic rings. The van der Waals surface area contributed by atoms with Crippen molar-refractivity contribution in [1.29, 1.82) is 0 Å². The van der Waals surface area contributed by atoms with Crippen molar-refractivity contribution in [2.24, 2.45) is 0 Å². The maximum absolute atomic E-state index is 4.70. The summed E-state index contributed by atoms with van der Waals surface area (Å²) in [5.41, 5.74) is 1.31. The molecule has 0 aliphatic heterocycles. The lowest BCUT2D eigenvalue weighted by Crippen LogP contribution is -2.13. The van der Waals surface area contributed by atoms with E-state index in [0.29, 0.717) is 0 Å². The molecule has 2 heterocycles. The van der Waals surface area contributed by atoms with Gasteiger partial charge in [0.05, 0.1) is 5.69 Å². The molecule has 0 aliphatic carbocycles. The fourth-order valence-corrected chi connectivity index (χ4v) is 3.55. The van der Waals surface area contributed by atoms with Crippen LogP contribution < -0.4 is 5.32 Å². The zero-order valence-corrected chi connectivity index (χ0v) is 12.0. The van der Waals surface area contributed by atoms with Gasteiger partial charge in [-0.05, 0) is 18.7 Å². The molecule has 0 fully saturated rings. The molecule has 0 saturated heterocycles. The van der Waals surface area contributed by atoms with E-state index in [-0.39, 0.29) is 0 Å². The van der Waals surface area contributed by atoms with Gasteiger partial charge in [0.2, 0.25) is 0 Å². The van der Waals surface area contributed by atoms with Crippen LogP contribution in [0.25, 0.3) is 4.96 Å². The number of imidazole rings is 1. The Morgan fingerprint density at radius 1 is 1.47 bits per heavy atom. The van der Waals surface area contributed by atoms with Crippen molar-refractivity contribution in [3.63, 3.8) is 0 Å². The molecule has 0 radical (unpaired) electrons. The largest absolute Gasteiger partial charge is 0.311 e. The summed E-state index contributed by atoms with van der Waals surface area (Å²) in [7, 11) is 0. The Hall–Kier alpha value is -0.520. The minimum Gasteiger partial charge on any atom is -0.311 e. The molecule has 0 unspecified atom stereocenters. The van der Waals surface area contributed by atoms with E-state index in [1.807, 2.05) is 11.8 Å². The summed E-state index contributed by atoms with van der Waals surface area (Å²) in [5, 5.41) is 6.69. The average molecular weight is 269 g/mol. The Kier molecular flexibility index (Phi) is 4.88. The molecule has 0 amide bonds. The van der Waals surface area contributed by atoms with Gasteiger partial charge in [-0.1, -0.05) is 20.3 Å². The van der Waals surface area contributed by atoms with E-state index >= 15 is 0 Å². The van der Waals surface area contributed by atoms with Crippen LogP contribution in [0.5, 0.6) is 0 Å². The molecule has 0 aromatic carbocycles. The predicted molar refractivity (Wildman–Crippen MR) is 76.1 cm³/mol. The summed E-state index contributed by atoms with van der Waals surface area (Å²) in [6.45, 7) is 6.26. The van der Waals surface area contributed by atoms with Gasteiger partial charge in [-0.25, -0.2) is 4.98 Å². The molecule has 3 nitrogen and oxygen atoms in total. The van der Waals surface area contributed by atoms with Crippen molar-refractivity contribution in [3.8, 4) is 0 Å². The van der Waals surface area contributed by atoms with Crippen LogP contribution in [0.2, 0.25) is 0 Å². The first-order valence-corrected chi connectivity index (χ1v) is 8.01. The van der Waals surface area contributed by atoms with Gasteiger partial charge >= 0.3 is 0 Å². The molecular formula is C12H19N3S2. The van der Waals surface area contributed by atoms with Gasteiger partial charge in [0, 0.05) is 18.1 Å². The summed E-state index contributed by atoms with van der Waals surface area (Å²) in [4.78, 5) is 5.81. The van der Waals surface area contributed by atoms with Crippen LogP contribution in [0, 0.1) is 0 Å². The highest BCUT2D eigenvalue weighted by Crippen LogP contribution is 2.26. The third kappa shape index (κ3) is 3.03. The zero-order chi connectivity index (χ0) is 12.1. The number of nitrogens with one attached hydrogen (secondary N) is 1. The first-order chi connectivity index (χ1) is 8.36. The maximum atomic E-state index is 4.70. The van der Waals surface area contributed by atoms with E-state index in [4.69, 9.17) is 4.98 Å². The number of thiazole rings is 1. The number of nitrogens with zero attached hydrogens (tertiary/aromatic N) is 2. The molecule has 94 valence electrons. The van der Waals surface area contributed by atoms with Gasteiger partial charge < -0.3 is 5.32 Å². The monoisotopic (exact) mass is 269 g/mol. The molecule has 5 heteroatoms. The van der Waals surface area contributed by atoms with E-state index in [1.165, 1.54) is 29.3 Å². The summed E-state index contributed by atoms with van der Waals surface area (Å²) in [5.74, 6) is 1.17. The van der Waals surface area contributed by atoms with Crippen LogP contribution in [-0.2, 0) is 6.54 Å². The average Bonchev–Trinajstić information content (AvgIpc) is 2.88. The third-order valence-electron chi connectivity index (χ3n) is 2.60. The molecule has 17 heavy (non-hydrogen) atoms. The molecule has 2 aromatic rings. The summed E-state index contributed by atoms with van der Waals surface area (Å²) < 4.78 is 2.21. The molecule has 2 rings (SSSR count). The van der Waals surface area contributed by atoms with E-state index in [1.54, 1.807) is 11.3 Å². The minimum absolute atomic E-state index is 0.906. The third-order valence-corrected chi connectivity index (χ3v) is 4.45. The number of unbranched alkanes of at least 4 members (excludes halogenated alkanes) is 1. The second-order valence-corrected chi connectivity index (χ2v) is 5.86. The maximum Gasteiger partial charge on any atom is 0.194 e. The van der Waals surface area contributed by atoms with Crippen LogP contribution in [0.4, 0.5) is 0 Å². The first-order valence-electron chi connectivity index (χ1n) is 6.14. The summed E-state index contributed by atoms with van der Waals surface area (Å²) in [6, 6.07) is 0. The van der Waals surface area contributed by atoms with Crippen LogP contribution in [0.1, 0.15) is 32.4 Å². The number of rotatable bonds is 7. The Labute approximate surface area is 111 Å². The van der Waals surface area contributed by atoms with E-state index in [0.717, 1.165) is 18.1 Å². The molecule has 1 N–H and O–H groups in total. The van der Waals surface area contributed by atoms with Crippen molar-refractivity contribution < 1.29 is 0 Å². The highest BCUT2D eigenvalue weighted by Gasteiger charge is 2.12. The van der Waals surface area contributed by atoms with E-state index in [2.05, 4.69) is 35.1 Å². The van der Waals surface area contributed by atoms with Gasteiger partial charge in [-0.3, -0.25) is 4.40 Å². The van der Waals surface area contributed by atoms with Crippen molar-refractivity contribution >= 4 is 28.1 Å². The van der Waals surface area contributed by atoms with Crippen LogP contribution >= 0.6 is 23.1 Å². The Morgan fingerprint density at radius 3 is 3.12 bits per heavy atom. The number of fused-ring (bicyclic) bond motifs is 1. The topological polar surface area (TPSA) is 29.3 Å². The van der Waals surface area contributed by atoms with Crippen molar-refractivity contribution in [1.82, 2.24) is 14.7 Å². The lowest BCUT2D eigenvalue weighted by atomic mass is 10.4. The van der Waals surface area contributed by atoms with Crippen molar-refractivity contribution in [2.75, 3.05) is 12.3 Å². The second-order valence-electron chi connectivity index (χ2n) is 3.90. The predicted octanol–water partition coefficient (Wildman–Crippen LogP) is 3.40. The van der Waals surface area contributed by atoms with Crippen LogP contribution in [0.15, 0.2) is 16.6 Å². The normalized spacial score (nSPS) is 11.4. The zero-order valence-electron chi connectivity index (χ0n) is 10.4. The molecule has 0 spiro atoms. The van der Waals surface area contributed by atoms with Crippen LogP contribution in [0.3, 0.4) is 0 Å². The second kappa shape index (κ2) is 6.42. The smallest absolute Gasteiger partial charge is 0.194 e. The standard InChI is InChI=1S/C12H19N3S2/c1-3-5-7-16-11-10(9-13-4-2)15-6-8-17-12(15)14-11/h6,8,13H,3-5,7,9H2,1-2H3. The quantitative estimate of drug-likeness (QED) is 0.617.